The zero-order valence-electron chi connectivity index (χ0n) is 19.1. The number of carbonyl (C=O) groups is 3. The Hall–Kier alpha value is -3.14. The summed E-state index contributed by atoms with van der Waals surface area (Å²) in [4.78, 5) is 38.9. The molecule has 1 amide bonds. The topological polar surface area (TPSA) is 119 Å². The van der Waals surface area contributed by atoms with E-state index in [1.807, 2.05) is 17.1 Å². The molecule has 0 radical (unpaired) electrons. The zero-order chi connectivity index (χ0) is 24.7. The third kappa shape index (κ3) is 6.25. The average Bonchev–Trinajstić information content (AvgIpc) is 2.77. The lowest BCUT2D eigenvalue weighted by atomic mass is 9.84. The van der Waals surface area contributed by atoms with Crippen LogP contribution in [0, 0.1) is 5.92 Å². The van der Waals surface area contributed by atoms with Gasteiger partial charge in [-0.2, -0.15) is 0 Å². The van der Waals surface area contributed by atoms with Gasteiger partial charge in [-0.25, -0.2) is 4.39 Å². The fourth-order valence-electron chi connectivity index (χ4n) is 4.50. The summed E-state index contributed by atoms with van der Waals surface area (Å²) in [5, 5.41) is 24.0. The van der Waals surface area contributed by atoms with Crippen molar-refractivity contribution in [3.8, 4) is 0 Å². The molecule has 9 heteroatoms. The Morgan fingerprint density at radius 3 is 2.76 bits per heavy atom. The van der Waals surface area contributed by atoms with Crippen LogP contribution in [0.15, 0.2) is 54.4 Å². The Bertz CT molecular complexity index is 1040. The fraction of sp³-hybridized carbons (Fsp3) is 0.400. The number of Topliss-reactive ketones (excluding diaryl/α,β-unsaturated/α-hetero) is 1. The van der Waals surface area contributed by atoms with Crippen molar-refractivity contribution in [3.05, 3.63) is 71.1 Å². The number of aliphatic hydroxyl groups excluding tert-OH is 1. The maximum atomic E-state index is 13.8. The first-order chi connectivity index (χ1) is 16.3. The molecule has 8 nitrogen and oxygen atoms in total. The molecule has 1 aliphatic heterocycles. The summed E-state index contributed by atoms with van der Waals surface area (Å²) in [6.45, 7) is 0.0589. The van der Waals surface area contributed by atoms with Crippen LogP contribution in [-0.2, 0) is 22.6 Å². The Morgan fingerprint density at radius 2 is 2.06 bits per heavy atom. The monoisotopic (exact) mass is 471 g/mol. The van der Waals surface area contributed by atoms with Crippen LogP contribution in [0.4, 0.5) is 4.39 Å². The van der Waals surface area contributed by atoms with E-state index in [1.165, 1.54) is 12.2 Å². The number of allylic oxidation sites excluding steroid dienone is 6. The number of rotatable bonds is 9. The van der Waals surface area contributed by atoms with Crippen LogP contribution >= 0.6 is 0 Å². The summed E-state index contributed by atoms with van der Waals surface area (Å²) in [6, 6.07) is 5.02. The summed E-state index contributed by atoms with van der Waals surface area (Å²) in [5.74, 6) is -2.12. The van der Waals surface area contributed by atoms with Crippen LogP contribution in [0.25, 0.3) is 0 Å². The van der Waals surface area contributed by atoms with Crippen molar-refractivity contribution >= 4 is 17.7 Å². The third-order valence-electron chi connectivity index (χ3n) is 6.15. The van der Waals surface area contributed by atoms with E-state index in [0.29, 0.717) is 29.7 Å². The number of aliphatic carboxylic acids is 1. The van der Waals surface area contributed by atoms with Crippen LogP contribution in [-0.4, -0.2) is 65.2 Å². The number of hydrogen-bond donors (Lipinski definition) is 4. The molecule has 0 bridgehead atoms. The minimum absolute atomic E-state index is 0.0921. The lowest BCUT2D eigenvalue weighted by Gasteiger charge is -2.39. The molecule has 2 aliphatic rings. The molecule has 0 saturated carbocycles. The van der Waals surface area contributed by atoms with Gasteiger partial charge < -0.3 is 20.8 Å². The van der Waals surface area contributed by atoms with Gasteiger partial charge in [-0.05, 0) is 49.1 Å². The smallest absolute Gasteiger partial charge is 0.307 e. The van der Waals surface area contributed by atoms with E-state index >= 15 is 0 Å². The molecular formula is C25H30FN3O5. The van der Waals surface area contributed by atoms with Gasteiger partial charge in [0.2, 0.25) is 5.91 Å². The lowest BCUT2D eigenvalue weighted by molar-refractivity contribution is -0.136. The van der Waals surface area contributed by atoms with Crippen molar-refractivity contribution in [1.29, 1.82) is 0 Å². The van der Waals surface area contributed by atoms with E-state index in [-0.39, 0.29) is 43.5 Å². The molecule has 34 heavy (non-hydrogen) atoms. The van der Waals surface area contributed by atoms with Crippen molar-refractivity contribution in [1.82, 2.24) is 15.5 Å². The number of carboxylic acids is 1. The van der Waals surface area contributed by atoms with Gasteiger partial charge in [-0.1, -0.05) is 36.4 Å². The number of carbonyl (C=O) groups excluding carboxylic acids is 2. The quantitative estimate of drug-likeness (QED) is 0.320. The minimum atomic E-state index is -1.18. The van der Waals surface area contributed by atoms with Gasteiger partial charge in [0, 0.05) is 18.7 Å². The Morgan fingerprint density at radius 1 is 1.26 bits per heavy atom. The molecule has 1 heterocycles. The van der Waals surface area contributed by atoms with Crippen LogP contribution in [0.3, 0.4) is 0 Å². The summed E-state index contributed by atoms with van der Waals surface area (Å²) in [5.41, 5.74) is 0.672. The largest absolute Gasteiger partial charge is 0.481 e. The Labute approximate surface area is 197 Å². The molecule has 0 fully saturated rings. The molecule has 0 saturated heterocycles. The number of likely N-dealkylation sites (N-methyl/N-ethyl adjacent to an activating group) is 1. The SMILES string of the molecule is CNC(CC1C=CC/C=C(F)\C=C/1)(CN1CC(=O)c2ccc(CC(=O)O)cc2C1)C(=O)NCO. The molecule has 1 aromatic rings. The standard InChI is InChI=1S/C25H30FN3O5/c1-27-25(24(34)28-16-30,12-17-4-2-3-5-20(26)8-6-17)15-29-13-19-10-18(11-23(32)33)7-9-21(19)22(31)14-29/h2,4-10,17,27,30H,3,11-16H2,1H3,(H,28,34)(H,32,33)/b4-2?,8-6-,20-5+. The molecule has 2 atom stereocenters. The molecule has 1 aliphatic carbocycles. The molecule has 0 aromatic heterocycles. The number of hydrogen-bond acceptors (Lipinski definition) is 6. The second-order valence-corrected chi connectivity index (χ2v) is 8.61. The first-order valence-corrected chi connectivity index (χ1v) is 11.1. The number of benzene rings is 1. The molecule has 4 N–H and O–H groups in total. The predicted molar refractivity (Wildman–Crippen MR) is 125 cm³/mol. The van der Waals surface area contributed by atoms with Crippen molar-refractivity contribution in [2.24, 2.45) is 5.92 Å². The number of aliphatic hydroxyl groups is 1. The lowest BCUT2D eigenvalue weighted by Crippen LogP contribution is -2.63. The zero-order valence-corrected chi connectivity index (χ0v) is 19.1. The fourth-order valence-corrected chi connectivity index (χ4v) is 4.50. The van der Waals surface area contributed by atoms with E-state index in [4.69, 9.17) is 5.11 Å². The van der Waals surface area contributed by atoms with Gasteiger partial charge in [-0.3, -0.25) is 19.3 Å². The van der Waals surface area contributed by atoms with Crippen molar-refractivity contribution in [2.45, 2.75) is 31.3 Å². The van der Waals surface area contributed by atoms with Gasteiger partial charge >= 0.3 is 5.97 Å². The van der Waals surface area contributed by atoms with E-state index in [1.54, 1.807) is 31.3 Å². The van der Waals surface area contributed by atoms with Gasteiger partial charge in [0.25, 0.3) is 0 Å². The van der Waals surface area contributed by atoms with E-state index < -0.39 is 24.1 Å². The Balaban J connectivity index is 1.87. The highest BCUT2D eigenvalue weighted by Crippen LogP contribution is 2.27. The first-order valence-electron chi connectivity index (χ1n) is 11.1. The van der Waals surface area contributed by atoms with Crippen molar-refractivity contribution in [2.75, 3.05) is 26.9 Å². The van der Waals surface area contributed by atoms with Gasteiger partial charge in [0.15, 0.2) is 5.78 Å². The number of ketones is 1. The first kappa shape index (κ1) is 25.5. The molecular weight excluding hydrogens is 441 g/mol. The number of fused-ring (bicyclic) bond motifs is 1. The van der Waals surface area contributed by atoms with Crippen LogP contribution < -0.4 is 10.6 Å². The van der Waals surface area contributed by atoms with E-state index in [9.17, 15) is 23.9 Å². The second-order valence-electron chi connectivity index (χ2n) is 8.61. The third-order valence-corrected chi connectivity index (χ3v) is 6.15. The van der Waals surface area contributed by atoms with Crippen molar-refractivity contribution in [3.63, 3.8) is 0 Å². The van der Waals surface area contributed by atoms with Crippen LogP contribution in [0.5, 0.6) is 0 Å². The van der Waals surface area contributed by atoms with Gasteiger partial charge in [0.1, 0.15) is 18.1 Å². The highest BCUT2D eigenvalue weighted by molar-refractivity contribution is 6.00. The summed E-state index contributed by atoms with van der Waals surface area (Å²) in [6.07, 6.45) is 8.84. The summed E-state index contributed by atoms with van der Waals surface area (Å²) in [7, 11) is 1.64. The number of nitrogens with zero attached hydrogens (tertiary/aromatic N) is 1. The van der Waals surface area contributed by atoms with Gasteiger partial charge in [-0.15, -0.1) is 0 Å². The maximum Gasteiger partial charge on any atom is 0.307 e. The predicted octanol–water partition coefficient (Wildman–Crippen LogP) is 1.71. The normalized spacial score (nSPS) is 22.5. The number of carboxylic acid groups (broad SMARTS) is 1. The highest BCUT2D eigenvalue weighted by atomic mass is 19.1. The Kier molecular flexibility index (Phi) is 8.49. The minimum Gasteiger partial charge on any atom is -0.481 e. The maximum absolute atomic E-state index is 13.8. The van der Waals surface area contributed by atoms with E-state index in [2.05, 4.69) is 10.6 Å². The van der Waals surface area contributed by atoms with E-state index in [0.717, 1.165) is 0 Å². The van der Waals surface area contributed by atoms with Crippen molar-refractivity contribution < 1.29 is 29.0 Å². The molecule has 1 aromatic carbocycles. The average molecular weight is 472 g/mol. The molecule has 182 valence electrons. The number of halogens is 1. The highest BCUT2D eigenvalue weighted by Gasteiger charge is 2.41. The summed E-state index contributed by atoms with van der Waals surface area (Å²) < 4.78 is 13.8. The second kappa shape index (κ2) is 11.3. The molecule has 0 spiro atoms. The van der Waals surface area contributed by atoms with Gasteiger partial charge in [0.05, 0.1) is 13.0 Å². The van der Waals surface area contributed by atoms with Crippen LogP contribution in [0.1, 0.15) is 34.3 Å². The molecule has 2 unspecified atom stereocenters. The number of nitrogens with one attached hydrogen (secondary N) is 2. The molecule has 3 rings (SSSR count). The van der Waals surface area contributed by atoms with Crippen LogP contribution in [0.2, 0.25) is 0 Å². The number of amides is 1. The summed E-state index contributed by atoms with van der Waals surface area (Å²) >= 11 is 0.